The lowest BCUT2D eigenvalue weighted by Crippen LogP contribution is -2.14. The van der Waals surface area contributed by atoms with Gasteiger partial charge in [-0.2, -0.15) is 0 Å². The first-order valence-electron chi connectivity index (χ1n) is 6.75. The zero-order valence-electron chi connectivity index (χ0n) is 12.2. The van der Waals surface area contributed by atoms with Crippen LogP contribution in [0.1, 0.15) is 24.6 Å². The molecule has 0 bridgehead atoms. The smallest absolute Gasteiger partial charge is 0.336 e. The molecule has 22 heavy (non-hydrogen) atoms. The van der Waals surface area contributed by atoms with Crippen LogP contribution in [0.4, 0.5) is 4.39 Å². The highest BCUT2D eigenvalue weighted by Crippen LogP contribution is 2.37. The first kappa shape index (κ1) is 16.2. The largest absolute Gasteiger partial charge is 0.478 e. The van der Waals surface area contributed by atoms with Gasteiger partial charge in [-0.05, 0) is 30.9 Å². The predicted molar refractivity (Wildman–Crippen MR) is 83.6 cm³/mol. The van der Waals surface area contributed by atoms with Gasteiger partial charge in [0, 0.05) is 17.5 Å². The summed E-state index contributed by atoms with van der Waals surface area (Å²) in [5, 5.41) is 8.86. The van der Waals surface area contributed by atoms with Gasteiger partial charge in [-0.15, -0.1) is 0 Å². The van der Waals surface area contributed by atoms with Crippen LogP contribution in [-0.2, 0) is 4.79 Å². The summed E-state index contributed by atoms with van der Waals surface area (Å²) in [5.74, 6) is -2.19. The molecule has 1 aliphatic rings. The molecule has 116 valence electrons. The third kappa shape index (κ3) is 3.04. The molecule has 6 heteroatoms. The topological polar surface area (TPSA) is 76.2 Å². The van der Waals surface area contributed by atoms with Crippen LogP contribution in [0.25, 0.3) is 5.57 Å². The summed E-state index contributed by atoms with van der Waals surface area (Å²) in [6.45, 7) is 3.64. The van der Waals surface area contributed by atoms with Crippen molar-refractivity contribution >= 4 is 23.1 Å². The van der Waals surface area contributed by atoms with E-state index in [1.165, 1.54) is 6.08 Å². The molecule has 1 aliphatic carbocycles. The molecule has 0 radical (unpaired) electrons. The van der Waals surface area contributed by atoms with Crippen molar-refractivity contribution in [3.8, 4) is 0 Å². The van der Waals surface area contributed by atoms with Crippen molar-refractivity contribution < 1.29 is 14.3 Å². The maximum absolute atomic E-state index is 14.8. The number of carboxylic acids is 1. The summed E-state index contributed by atoms with van der Waals surface area (Å²) < 4.78 is 14.8. The maximum Gasteiger partial charge on any atom is 0.336 e. The molecule has 0 saturated heterocycles. The van der Waals surface area contributed by atoms with Crippen LogP contribution in [0.5, 0.6) is 0 Å². The van der Waals surface area contributed by atoms with Crippen molar-refractivity contribution in [1.82, 2.24) is 4.98 Å². The highest BCUT2D eigenvalue weighted by atomic mass is 35.5. The van der Waals surface area contributed by atoms with E-state index in [9.17, 15) is 9.18 Å². The second-order valence-electron chi connectivity index (χ2n) is 5.20. The second-order valence-corrected chi connectivity index (χ2v) is 5.58. The van der Waals surface area contributed by atoms with Crippen molar-refractivity contribution in [2.24, 2.45) is 11.7 Å². The van der Waals surface area contributed by atoms with Crippen LogP contribution in [0.2, 0.25) is 0 Å². The van der Waals surface area contributed by atoms with Crippen molar-refractivity contribution in [1.29, 1.82) is 0 Å². The number of halogens is 2. The van der Waals surface area contributed by atoms with Gasteiger partial charge in [0.25, 0.3) is 0 Å². The number of nitrogens with two attached hydrogens (primary N) is 1. The molecule has 0 saturated carbocycles. The number of aliphatic carboxylic acids is 1. The fraction of sp³-hybridized carbons (Fsp3) is 0.250. The third-order valence-corrected chi connectivity index (χ3v) is 3.97. The molecule has 3 N–H and O–H groups in total. The van der Waals surface area contributed by atoms with E-state index in [0.717, 1.165) is 5.69 Å². The fourth-order valence-corrected chi connectivity index (χ4v) is 2.57. The molecule has 1 atom stereocenters. The Balaban J connectivity index is 2.64. The number of carbonyl (C=O) groups is 1. The van der Waals surface area contributed by atoms with Gasteiger partial charge < -0.3 is 10.8 Å². The van der Waals surface area contributed by atoms with Crippen LogP contribution >= 0.6 is 11.6 Å². The minimum absolute atomic E-state index is 0.178. The summed E-state index contributed by atoms with van der Waals surface area (Å²) >= 11 is 5.94. The number of hydrogen-bond donors (Lipinski definition) is 2. The SMILES string of the molecule is Cc1ccc(C2=C(F)C(N)=C(Cl)C(C(=O)O)=CCC2C)cn1. The van der Waals surface area contributed by atoms with Crippen LogP contribution in [-0.4, -0.2) is 16.1 Å². The fourth-order valence-electron chi connectivity index (χ4n) is 2.32. The second kappa shape index (κ2) is 6.32. The van der Waals surface area contributed by atoms with E-state index in [4.69, 9.17) is 22.4 Å². The van der Waals surface area contributed by atoms with Crippen LogP contribution in [0.3, 0.4) is 0 Å². The van der Waals surface area contributed by atoms with Crippen molar-refractivity contribution in [3.63, 3.8) is 0 Å². The molecule has 0 fully saturated rings. The number of pyridine rings is 1. The first-order valence-corrected chi connectivity index (χ1v) is 7.12. The Hall–Kier alpha value is -2.14. The van der Waals surface area contributed by atoms with E-state index in [2.05, 4.69) is 4.98 Å². The summed E-state index contributed by atoms with van der Waals surface area (Å²) in [4.78, 5) is 15.4. The number of hydrogen-bond acceptors (Lipinski definition) is 3. The Morgan fingerprint density at radius 1 is 1.50 bits per heavy atom. The Bertz CT molecular complexity index is 705. The summed E-state index contributed by atoms with van der Waals surface area (Å²) in [5.41, 5.74) is 6.99. The lowest BCUT2D eigenvalue weighted by molar-refractivity contribution is -0.132. The quantitative estimate of drug-likeness (QED) is 0.873. The van der Waals surface area contributed by atoms with Gasteiger partial charge in [-0.25, -0.2) is 9.18 Å². The molecule has 0 spiro atoms. The number of aryl methyl sites for hydroxylation is 1. The summed E-state index contributed by atoms with van der Waals surface area (Å²) in [6.07, 6.45) is 3.38. The zero-order valence-corrected chi connectivity index (χ0v) is 13.0. The minimum atomic E-state index is -1.23. The van der Waals surface area contributed by atoms with E-state index in [0.29, 0.717) is 17.6 Å². The van der Waals surface area contributed by atoms with E-state index in [1.54, 1.807) is 25.3 Å². The minimum Gasteiger partial charge on any atom is -0.478 e. The molecule has 2 rings (SSSR count). The first-order chi connectivity index (χ1) is 10.3. The summed E-state index contributed by atoms with van der Waals surface area (Å²) in [7, 11) is 0. The molecule has 1 aromatic rings. The Morgan fingerprint density at radius 2 is 2.18 bits per heavy atom. The van der Waals surface area contributed by atoms with Crippen molar-refractivity contribution in [2.45, 2.75) is 20.3 Å². The molecule has 1 aromatic heterocycles. The van der Waals surface area contributed by atoms with Crippen LogP contribution in [0.15, 0.2) is 46.5 Å². The predicted octanol–water partition coefficient (Wildman–Crippen LogP) is 3.53. The van der Waals surface area contributed by atoms with E-state index >= 15 is 0 Å². The lowest BCUT2D eigenvalue weighted by atomic mass is 9.88. The molecular formula is C16H16ClFN2O2. The van der Waals surface area contributed by atoms with Gasteiger partial charge in [-0.1, -0.05) is 30.7 Å². The standard InChI is InChI=1S/C16H16ClFN2O2/c1-8-3-6-11(16(21)22)13(17)15(19)14(18)12(8)10-5-4-9(2)20-7-10/h4-8H,3,19H2,1-2H3,(H,21,22). The molecule has 1 unspecified atom stereocenters. The Kier molecular flexibility index (Phi) is 4.66. The van der Waals surface area contributed by atoms with Gasteiger partial charge in [-0.3, -0.25) is 4.98 Å². The monoisotopic (exact) mass is 322 g/mol. The third-order valence-electron chi connectivity index (χ3n) is 3.57. The van der Waals surface area contributed by atoms with Gasteiger partial charge >= 0.3 is 5.97 Å². The van der Waals surface area contributed by atoms with Crippen LogP contribution in [0, 0.1) is 12.8 Å². The average Bonchev–Trinajstić information content (AvgIpc) is 2.47. The molecule has 0 aliphatic heterocycles. The normalized spacial score (nSPS) is 19.6. The highest BCUT2D eigenvalue weighted by molar-refractivity contribution is 6.35. The molecule has 0 aromatic carbocycles. The maximum atomic E-state index is 14.8. The van der Waals surface area contributed by atoms with E-state index in [1.807, 2.05) is 6.92 Å². The number of nitrogens with zero attached hydrogens (tertiary/aromatic N) is 1. The lowest BCUT2D eigenvalue weighted by Gasteiger charge is -2.20. The van der Waals surface area contributed by atoms with Gasteiger partial charge in [0.2, 0.25) is 0 Å². The van der Waals surface area contributed by atoms with Crippen molar-refractivity contribution in [3.05, 3.63) is 57.8 Å². The number of aromatic nitrogens is 1. The van der Waals surface area contributed by atoms with E-state index < -0.39 is 11.8 Å². The summed E-state index contributed by atoms with van der Waals surface area (Å²) in [6, 6.07) is 3.54. The van der Waals surface area contributed by atoms with Crippen LogP contribution < -0.4 is 5.73 Å². The van der Waals surface area contributed by atoms with Gasteiger partial charge in [0.05, 0.1) is 16.3 Å². The zero-order chi connectivity index (χ0) is 16.4. The average molecular weight is 323 g/mol. The molecule has 1 heterocycles. The Labute approximate surface area is 132 Å². The van der Waals surface area contributed by atoms with E-state index in [-0.39, 0.29) is 22.2 Å². The molecule has 4 nitrogen and oxygen atoms in total. The molecular weight excluding hydrogens is 307 g/mol. The van der Waals surface area contributed by atoms with Crippen molar-refractivity contribution in [2.75, 3.05) is 0 Å². The van der Waals surface area contributed by atoms with Gasteiger partial charge in [0.1, 0.15) is 0 Å². The number of allylic oxidation sites excluding steroid dienone is 3. The number of rotatable bonds is 2. The highest BCUT2D eigenvalue weighted by Gasteiger charge is 2.25. The molecule has 0 amide bonds. The van der Waals surface area contributed by atoms with Gasteiger partial charge in [0.15, 0.2) is 5.83 Å². The number of carboxylic acid groups (broad SMARTS) is 1. The Morgan fingerprint density at radius 3 is 2.73 bits per heavy atom.